The molecule has 1 heterocycles. The monoisotopic (exact) mass is 237 g/mol. The van der Waals surface area contributed by atoms with Crippen molar-refractivity contribution in [3.05, 3.63) is 59.7 Å². The van der Waals surface area contributed by atoms with Gasteiger partial charge in [-0.1, -0.05) is 62.4 Å². The second-order valence-corrected chi connectivity index (χ2v) is 5.35. The first kappa shape index (κ1) is 11.5. The smallest absolute Gasteiger partial charge is 0.0352 e. The summed E-state index contributed by atoms with van der Waals surface area (Å²) in [6.07, 6.45) is 0. The lowest BCUT2D eigenvalue weighted by Gasteiger charge is -2.22. The van der Waals surface area contributed by atoms with E-state index in [4.69, 9.17) is 0 Å². The standard InChI is InChI=1S/C17H19N/c1-12(2)17-16-10-6-5-9-15(16)14-8-4-3-7-13(14)11-18-17/h3-10,12,17-18H,11H2,1-2H3/t17-/m1/s1. The van der Waals surface area contributed by atoms with Gasteiger partial charge in [-0.3, -0.25) is 0 Å². The second kappa shape index (κ2) is 4.58. The minimum absolute atomic E-state index is 0.439. The van der Waals surface area contributed by atoms with Crippen LogP contribution < -0.4 is 5.32 Å². The van der Waals surface area contributed by atoms with Gasteiger partial charge in [0.15, 0.2) is 0 Å². The third kappa shape index (κ3) is 1.85. The van der Waals surface area contributed by atoms with Gasteiger partial charge < -0.3 is 5.32 Å². The summed E-state index contributed by atoms with van der Waals surface area (Å²) in [7, 11) is 0. The van der Waals surface area contributed by atoms with E-state index in [-0.39, 0.29) is 0 Å². The van der Waals surface area contributed by atoms with Gasteiger partial charge in [-0.2, -0.15) is 0 Å². The Bertz CT molecular complexity index is 557. The molecule has 1 aliphatic heterocycles. The van der Waals surface area contributed by atoms with E-state index >= 15 is 0 Å². The Morgan fingerprint density at radius 1 is 0.944 bits per heavy atom. The van der Waals surface area contributed by atoms with Crippen molar-refractivity contribution in [1.29, 1.82) is 0 Å². The van der Waals surface area contributed by atoms with Crippen LogP contribution in [-0.2, 0) is 6.54 Å². The molecular weight excluding hydrogens is 218 g/mol. The molecule has 1 heteroatoms. The predicted octanol–water partition coefficient (Wildman–Crippen LogP) is 4.15. The van der Waals surface area contributed by atoms with Gasteiger partial charge in [-0.25, -0.2) is 0 Å². The summed E-state index contributed by atoms with van der Waals surface area (Å²) in [4.78, 5) is 0. The Kier molecular flexibility index (Phi) is 2.92. The molecule has 1 nitrogen and oxygen atoms in total. The first-order valence-electron chi connectivity index (χ1n) is 6.68. The molecule has 0 unspecified atom stereocenters. The van der Waals surface area contributed by atoms with E-state index in [0.29, 0.717) is 12.0 Å². The molecule has 18 heavy (non-hydrogen) atoms. The third-order valence-corrected chi connectivity index (χ3v) is 3.78. The number of nitrogens with one attached hydrogen (secondary N) is 1. The van der Waals surface area contributed by atoms with E-state index in [1.807, 2.05) is 0 Å². The Morgan fingerprint density at radius 3 is 2.39 bits per heavy atom. The minimum atomic E-state index is 0.439. The summed E-state index contributed by atoms with van der Waals surface area (Å²) in [6, 6.07) is 17.9. The highest BCUT2D eigenvalue weighted by Crippen LogP contribution is 2.36. The molecule has 1 atom stereocenters. The van der Waals surface area contributed by atoms with Crippen LogP contribution in [0.2, 0.25) is 0 Å². The highest BCUT2D eigenvalue weighted by atomic mass is 14.9. The molecule has 0 spiro atoms. The molecule has 0 saturated heterocycles. The number of benzene rings is 2. The average molecular weight is 237 g/mol. The van der Waals surface area contributed by atoms with E-state index in [1.165, 1.54) is 22.3 Å². The molecule has 2 aromatic carbocycles. The normalized spacial score (nSPS) is 18.1. The zero-order valence-electron chi connectivity index (χ0n) is 11.0. The second-order valence-electron chi connectivity index (χ2n) is 5.35. The van der Waals surface area contributed by atoms with Gasteiger partial charge in [-0.05, 0) is 28.2 Å². The maximum Gasteiger partial charge on any atom is 0.0352 e. The lowest BCUT2D eigenvalue weighted by Crippen LogP contribution is -2.24. The summed E-state index contributed by atoms with van der Waals surface area (Å²) >= 11 is 0. The van der Waals surface area contributed by atoms with Gasteiger partial charge in [-0.15, -0.1) is 0 Å². The number of rotatable bonds is 1. The van der Waals surface area contributed by atoms with E-state index in [9.17, 15) is 0 Å². The molecule has 2 aromatic rings. The van der Waals surface area contributed by atoms with Crippen LogP contribution in [0.5, 0.6) is 0 Å². The van der Waals surface area contributed by atoms with Gasteiger partial charge in [0.25, 0.3) is 0 Å². The Labute approximate surface area is 109 Å². The van der Waals surface area contributed by atoms with Crippen molar-refractivity contribution in [3.63, 3.8) is 0 Å². The Hall–Kier alpha value is -1.60. The van der Waals surface area contributed by atoms with Crippen molar-refractivity contribution < 1.29 is 0 Å². The Morgan fingerprint density at radius 2 is 1.61 bits per heavy atom. The first-order valence-corrected chi connectivity index (χ1v) is 6.68. The SMILES string of the molecule is CC(C)[C@H]1NCc2ccccc2-c2ccccc21. The van der Waals surface area contributed by atoms with Crippen LogP contribution in [0, 0.1) is 5.92 Å². The maximum absolute atomic E-state index is 3.69. The van der Waals surface area contributed by atoms with Crippen LogP contribution in [0.25, 0.3) is 11.1 Å². The van der Waals surface area contributed by atoms with Gasteiger partial charge >= 0.3 is 0 Å². The quantitative estimate of drug-likeness (QED) is 0.785. The summed E-state index contributed by atoms with van der Waals surface area (Å²) in [5, 5.41) is 3.69. The highest BCUT2D eigenvalue weighted by Gasteiger charge is 2.23. The largest absolute Gasteiger partial charge is 0.306 e. The van der Waals surface area contributed by atoms with E-state index in [1.54, 1.807) is 0 Å². The van der Waals surface area contributed by atoms with Gasteiger partial charge in [0.05, 0.1) is 0 Å². The van der Waals surface area contributed by atoms with E-state index in [2.05, 4.69) is 67.7 Å². The zero-order chi connectivity index (χ0) is 12.5. The lowest BCUT2D eigenvalue weighted by atomic mass is 9.90. The molecule has 92 valence electrons. The Balaban J connectivity index is 2.22. The molecule has 0 bridgehead atoms. The summed E-state index contributed by atoms with van der Waals surface area (Å²) in [5.74, 6) is 0.598. The molecule has 0 amide bonds. The molecule has 1 aliphatic rings. The summed E-state index contributed by atoms with van der Waals surface area (Å²) in [5.41, 5.74) is 5.59. The fourth-order valence-corrected chi connectivity index (χ4v) is 2.88. The van der Waals surface area contributed by atoms with Crippen molar-refractivity contribution >= 4 is 0 Å². The van der Waals surface area contributed by atoms with Crippen molar-refractivity contribution in [1.82, 2.24) is 5.32 Å². The van der Waals surface area contributed by atoms with Crippen LogP contribution in [0.15, 0.2) is 48.5 Å². The predicted molar refractivity (Wildman–Crippen MR) is 76.3 cm³/mol. The molecule has 1 N–H and O–H groups in total. The van der Waals surface area contributed by atoms with Crippen molar-refractivity contribution in [2.75, 3.05) is 0 Å². The third-order valence-electron chi connectivity index (χ3n) is 3.78. The summed E-state index contributed by atoms with van der Waals surface area (Å²) in [6.45, 7) is 5.52. The average Bonchev–Trinajstić information content (AvgIpc) is 2.56. The fraction of sp³-hybridized carbons (Fsp3) is 0.294. The van der Waals surface area contributed by atoms with Crippen LogP contribution in [0.3, 0.4) is 0 Å². The molecular formula is C17H19N. The molecule has 0 aliphatic carbocycles. The topological polar surface area (TPSA) is 12.0 Å². The summed E-state index contributed by atoms with van der Waals surface area (Å²) < 4.78 is 0. The van der Waals surface area contributed by atoms with E-state index in [0.717, 1.165) is 6.54 Å². The first-order chi connectivity index (χ1) is 8.77. The zero-order valence-corrected chi connectivity index (χ0v) is 11.0. The maximum atomic E-state index is 3.69. The van der Waals surface area contributed by atoms with Crippen LogP contribution >= 0.6 is 0 Å². The molecule has 0 radical (unpaired) electrons. The van der Waals surface area contributed by atoms with Gasteiger partial charge in [0.2, 0.25) is 0 Å². The minimum Gasteiger partial charge on any atom is -0.306 e. The molecule has 0 aromatic heterocycles. The van der Waals surface area contributed by atoms with Crippen LogP contribution in [-0.4, -0.2) is 0 Å². The number of hydrogen-bond donors (Lipinski definition) is 1. The molecule has 0 fully saturated rings. The lowest BCUT2D eigenvalue weighted by molar-refractivity contribution is 0.414. The van der Waals surface area contributed by atoms with Crippen LogP contribution in [0.4, 0.5) is 0 Å². The molecule has 3 rings (SSSR count). The molecule has 0 saturated carbocycles. The van der Waals surface area contributed by atoms with Crippen molar-refractivity contribution in [2.45, 2.75) is 26.4 Å². The van der Waals surface area contributed by atoms with Gasteiger partial charge in [0, 0.05) is 12.6 Å². The van der Waals surface area contributed by atoms with E-state index < -0.39 is 0 Å². The van der Waals surface area contributed by atoms with Gasteiger partial charge in [0.1, 0.15) is 0 Å². The number of hydrogen-bond acceptors (Lipinski definition) is 1. The van der Waals surface area contributed by atoms with Crippen LogP contribution in [0.1, 0.15) is 31.0 Å². The fourth-order valence-electron chi connectivity index (χ4n) is 2.88. The van der Waals surface area contributed by atoms with Crippen molar-refractivity contribution in [3.8, 4) is 11.1 Å². The highest BCUT2D eigenvalue weighted by molar-refractivity contribution is 5.72. The van der Waals surface area contributed by atoms with Crippen molar-refractivity contribution in [2.24, 2.45) is 5.92 Å². The number of fused-ring (bicyclic) bond motifs is 3.